The molecular formula is C24H27ClN4O4S2. The van der Waals surface area contributed by atoms with E-state index in [1.807, 2.05) is 26.1 Å². The highest BCUT2D eigenvalue weighted by atomic mass is 35.5. The first-order chi connectivity index (χ1) is 16.9. The number of nitrogens with zero attached hydrogens (tertiary/aromatic N) is 3. The first-order valence-electron chi connectivity index (χ1n) is 11.3. The average molecular weight is 535 g/mol. The van der Waals surface area contributed by atoms with Gasteiger partial charge in [-0.2, -0.15) is 0 Å². The molecular weight excluding hydrogens is 508 g/mol. The summed E-state index contributed by atoms with van der Waals surface area (Å²) in [5.74, 6) is 0.696. The molecule has 2 aromatic heterocycles. The van der Waals surface area contributed by atoms with Gasteiger partial charge in [0, 0.05) is 11.9 Å². The summed E-state index contributed by atoms with van der Waals surface area (Å²) in [5, 5.41) is 13.0. The minimum absolute atomic E-state index is 0.125. The lowest BCUT2D eigenvalue weighted by molar-refractivity contribution is -0.113. The highest BCUT2D eigenvalue weighted by molar-refractivity contribution is 7.99. The number of thiophene rings is 1. The third-order valence-electron chi connectivity index (χ3n) is 5.76. The number of ether oxygens (including phenoxy) is 2. The number of carbonyl (C=O) groups excluding carboxylic acids is 2. The molecule has 8 nitrogen and oxygen atoms in total. The molecule has 0 spiro atoms. The van der Waals surface area contributed by atoms with Gasteiger partial charge in [0.25, 0.3) is 0 Å². The van der Waals surface area contributed by atoms with Gasteiger partial charge < -0.3 is 19.4 Å². The number of rotatable bonds is 8. The van der Waals surface area contributed by atoms with Crippen molar-refractivity contribution in [3.63, 3.8) is 0 Å². The van der Waals surface area contributed by atoms with Crippen LogP contribution in [0.4, 0.5) is 5.00 Å². The maximum atomic E-state index is 12.8. The molecule has 2 heterocycles. The van der Waals surface area contributed by atoms with Crippen LogP contribution < -0.4 is 10.1 Å². The highest BCUT2D eigenvalue weighted by Crippen LogP contribution is 2.38. The fourth-order valence-electron chi connectivity index (χ4n) is 3.90. The third kappa shape index (κ3) is 5.99. The number of aromatic nitrogens is 3. The van der Waals surface area contributed by atoms with E-state index >= 15 is 0 Å². The molecule has 0 bridgehead atoms. The van der Waals surface area contributed by atoms with E-state index in [0.29, 0.717) is 32.3 Å². The van der Waals surface area contributed by atoms with E-state index in [4.69, 9.17) is 21.1 Å². The normalized spacial score (nSPS) is 13.1. The first-order valence-corrected chi connectivity index (χ1v) is 13.5. The van der Waals surface area contributed by atoms with Crippen LogP contribution in [-0.4, -0.2) is 39.5 Å². The molecule has 0 saturated carbocycles. The maximum Gasteiger partial charge on any atom is 0.341 e. The number of amides is 1. The van der Waals surface area contributed by atoms with Gasteiger partial charge in [-0.1, -0.05) is 35.9 Å². The van der Waals surface area contributed by atoms with Crippen molar-refractivity contribution in [1.82, 2.24) is 14.8 Å². The number of methoxy groups -OCH3 is 1. The lowest BCUT2D eigenvalue weighted by atomic mass is 10.1. The van der Waals surface area contributed by atoms with Gasteiger partial charge in [-0.3, -0.25) is 4.79 Å². The Morgan fingerprint density at radius 2 is 2.03 bits per heavy atom. The molecule has 1 aromatic carbocycles. The fourth-order valence-corrected chi connectivity index (χ4v) is 6.10. The number of carbonyl (C=O) groups is 2. The lowest BCUT2D eigenvalue weighted by Crippen LogP contribution is -2.16. The molecule has 186 valence electrons. The number of esters is 1. The van der Waals surface area contributed by atoms with Crippen LogP contribution in [0.2, 0.25) is 5.02 Å². The van der Waals surface area contributed by atoms with Gasteiger partial charge in [-0.05, 0) is 55.9 Å². The molecule has 1 aliphatic carbocycles. The Labute approximate surface area is 217 Å². The summed E-state index contributed by atoms with van der Waals surface area (Å²) in [6, 6.07) is 5.57. The Balaban J connectivity index is 1.38. The number of anilines is 1. The second-order valence-corrected chi connectivity index (χ2v) is 10.7. The predicted molar refractivity (Wildman–Crippen MR) is 138 cm³/mol. The van der Waals surface area contributed by atoms with Crippen molar-refractivity contribution in [2.45, 2.75) is 50.8 Å². The Kier molecular flexibility index (Phi) is 8.35. The highest BCUT2D eigenvalue weighted by Gasteiger charge is 2.26. The van der Waals surface area contributed by atoms with Crippen LogP contribution in [0.5, 0.6) is 5.75 Å². The van der Waals surface area contributed by atoms with Gasteiger partial charge in [0.2, 0.25) is 5.91 Å². The molecule has 1 N–H and O–H groups in total. The van der Waals surface area contributed by atoms with Crippen molar-refractivity contribution in [3.8, 4) is 5.75 Å². The van der Waals surface area contributed by atoms with Gasteiger partial charge >= 0.3 is 5.97 Å². The SMILES string of the molecule is COC(=O)c1c(NC(=O)CSc2nnc(COc3cc(C)ccc3Cl)n2C)sc2c1CCCCC2. The standard InChI is InChI=1S/C24H27ClN4O4S2/c1-14-9-10-16(25)17(11-14)33-12-19-27-28-24(29(19)2)34-13-20(30)26-22-21(23(31)32-3)15-7-5-4-6-8-18(15)35-22/h9-11H,4-8,12-13H2,1-3H3,(H,26,30). The monoisotopic (exact) mass is 534 g/mol. The summed E-state index contributed by atoms with van der Waals surface area (Å²) in [7, 11) is 3.19. The zero-order valence-electron chi connectivity index (χ0n) is 19.9. The van der Waals surface area contributed by atoms with Crippen molar-refractivity contribution >= 4 is 51.6 Å². The zero-order chi connectivity index (χ0) is 24.9. The summed E-state index contributed by atoms with van der Waals surface area (Å²) in [6.07, 6.45) is 5.02. The van der Waals surface area contributed by atoms with E-state index in [2.05, 4.69) is 15.5 Å². The Morgan fingerprint density at radius 1 is 1.23 bits per heavy atom. The number of benzene rings is 1. The van der Waals surface area contributed by atoms with Gasteiger partial charge in [0.1, 0.15) is 17.4 Å². The molecule has 4 rings (SSSR count). The minimum Gasteiger partial charge on any atom is -0.484 e. The number of thioether (sulfide) groups is 1. The molecule has 0 radical (unpaired) electrons. The second kappa shape index (κ2) is 11.5. The molecule has 0 fully saturated rings. The van der Waals surface area contributed by atoms with Gasteiger partial charge in [0.05, 0.1) is 23.4 Å². The summed E-state index contributed by atoms with van der Waals surface area (Å²) in [4.78, 5) is 26.4. The first kappa shape index (κ1) is 25.5. The predicted octanol–water partition coefficient (Wildman–Crippen LogP) is 5.20. The lowest BCUT2D eigenvalue weighted by Gasteiger charge is -2.09. The number of nitrogens with one attached hydrogen (secondary N) is 1. The van der Waals surface area contributed by atoms with Crippen LogP contribution in [0, 0.1) is 6.92 Å². The molecule has 11 heteroatoms. The summed E-state index contributed by atoms with van der Waals surface area (Å²) in [5.41, 5.74) is 2.57. The van der Waals surface area contributed by atoms with E-state index < -0.39 is 5.97 Å². The fraction of sp³-hybridized carbons (Fsp3) is 0.417. The zero-order valence-corrected chi connectivity index (χ0v) is 22.2. The van der Waals surface area contributed by atoms with Gasteiger partial charge in [-0.15, -0.1) is 21.5 Å². The van der Waals surface area contributed by atoms with Crippen molar-refractivity contribution in [1.29, 1.82) is 0 Å². The van der Waals surface area contributed by atoms with Crippen LogP contribution in [0.3, 0.4) is 0 Å². The summed E-state index contributed by atoms with van der Waals surface area (Å²) < 4.78 is 12.6. The minimum atomic E-state index is -0.404. The number of halogens is 1. The van der Waals surface area contributed by atoms with Gasteiger partial charge in [0.15, 0.2) is 11.0 Å². The van der Waals surface area contributed by atoms with E-state index in [1.54, 1.807) is 10.6 Å². The number of aryl methyl sites for hydroxylation is 2. The molecule has 35 heavy (non-hydrogen) atoms. The van der Waals surface area contributed by atoms with Gasteiger partial charge in [-0.25, -0.2) is 4.79 Å². The molecule has 1 aliphatic rings. The molecule has 0 saturated heterocycles. The van der Waals surface area contributed by atoms with Crippen LogP contribution in [0.1, 0.15) is 51.4 Å². The van der Waals surface area contributed by atoms with Crippen LogP contribution in [-0.2, 0) is 36.0 Å². The largest absolute Gasteiger partial charge is 0.484 e. The van der Waals surface area contributed by atoms with Crippen LogP contribution in [0.15, 0.2) is 23.4 Å². The van der Waals surface area contributed by atoms with E-state index in [9.17, 15) is 9.59 Å². The summed E-state index contributed by atoms with van der Waals surface area (Å²) >= 11 is 8.94. The molecule has 0 unspecified atom stereocenters. The van der Waals surface area contributed by atoms with Crippen molar-refractivity contribution in [3.05, 3.63) is 50.6 Å². The summed E-state index contributed by atoms with van der Waals surface area (Å²) in [6.45, 7) is 2.16. The van der Waals surface area contributed by atoms with Crippen molar-refractivity contribution < 1.29 is 19.1 Å². The number of hydrogen-bond acceptors (Lipinski definition) is 8. The average Bonchev–Trinajstić information content (AvgIpc) is 3.27. The van der Waals surface area contributed by atoms with E-state index in [1.165, 1.54) is 30.2 Å². The molecule has 1 amide bonds. The molecule has 0 atom stereocenters. The number of hydrogen-bond donors (Lipinski definition) is 1. The molecule has 0 aliphatic heterocycles. The second-order valence-electron chi connectivity index (χ2n) is 8.28. The number of fused-ring (bicyclic) bond motifs is 1. The van der Waals surface area contributed by atoms with Crippen molar-refractivity contribution in [2.75, 3.05) is 18.2 Å². The smallest absolute Gasteiger partial charge is 0.341 e. The maximum absolute atomic E-state index is 12.8. The Hall–Kier alpha value is -2.56. The Bertz CT molecular complexity index is 1240. The molecule has 3 aromatic rings. The van der Waals surface area contributed by atoms with E-state index in [0.717, 1.165) is 48.1 Å². The van der Waals surface area contributed by atoms with Crippen molar-refractivity contribution in [2.24, 2.45) is 7.05 Å². The van der Waals surface area contributed by atoms with Crippen LogP contribution in [0.25, 0.3) is 0 Å². The van der Waals surface area contributed by atoms with Crippen LogP contribution >= 0.6 is 34.7 Å². The quantitative estimate of drug-likeness (QED) is 0.241. The topological polar surface area (TPSA) is 95.3 Å². The Morgan fingerprint density at radius 3 is 2.83 bits per heavy atom. The van der Waals surface area contributed by atoms with E-state index in [-0.39, 0.29) is 18.3 Å². The third-order valence-corrected chi connectivity index (χ3v) is 8.30.